The lowest BCUT2D eigenvalue weighted by atomic mass is 10.4. The number of hydrogen-bond acceptors (Lipinski definition) is 1. The first-order valence-electron chi connectivity index (χ1n) is 3.09. The number of imidazole rings is 1. The van der Waals surface area contributed by atoms with Crippen molar-refractivity contribution in [3.8, 4) is 0 Å². The van der Waals surface area contributed by atoms with Gasteiger partial charge in [0.1, 0.15) is 5.82 Å². The van der Waals surface area contributed by atoms with E-state index in [0.717, 1.165) is 11.5 Å². The second-order valence-electron chi connectivity index (χ2n) is 2.39. The molecule has 2 heteroatoms. The average Bonchev–Trinajstić information content (AvgIpc) is 1.98. The van der Waals surface area contributed by atoms with E-state index >= 15 is 0 Å². The first-order valence-corrected chi connectivity index (χ1v) is 3.09. The summed E-state index contributed by atoms with van der Waals surface area (Å²) in [7, 11) is 2.03. The van der Waals surface area contributed by atoms with Crippen LogP contribution in [0.4, 0.5) is 0 Å². The molecule has 1 heterocycles. The van der Waals surface area contributed by atoms with Crippen LogP contribution in [0.15, 0.2) is 0 Å². The normalized spacial score (nSPS) is 9.20. The van der Waals surface area contributed by atoms with Crippen LogP contribution in [0.1, 0.15) is 24.6 Å². The van der Waals surface area contributed by atoms with Crippen molar-refractivity contribution in [2.24, 2.45) is 7.05 Å². The lowest BCUT2D eigenvalue weighted by Gasteiger charge is -1.94. The van der Waals surface area contributed by atoms with Crippen molar-refractivity contribution in [3.05, 3.63) is 17.2 Å². The first-order chi connectivity index (χ1) is 4.13. The fraction of sp³-hybridized carbons (Fsp3) is 0.625. The van der Waals surface area contributed by atoms with Gasteiger partial charge in [0, 0.05) is 12.7 Å². The van der Waals surface area contributed by atoms with E-state index in [1.165, 1.54) is 5.69 Å². The molecule has 0 N–H and O–H groups in total. The fourth-order valence-electron chi connectivity index (χ4n) is 0.884. The van der Waals surface area contributed by atoms with Crippen molar-refractivity contribution >= 4 is 0 Å². The Bertz CT molecular complexity index is 201. The Hall–Kier alpha value is -0.790. The van der Waals surface area contributed by atoms with E-state index in [1.54, 1.807) is 0 Å². The molecule has 0 aliphatic carbocycles. The summed E-state index contributed by atoms with van der Waals surface area (Å²) in [6, 6.07) is 0. The highest BCUT2D eigenvalue weighted by Gasteiger charge is 2.00. The molecule has 1 rings (SSSR count). The van der Waals surface area contributed by atoms with E-state index in [4.69, 9.17) is 0 Å². The molecule has 0 aromatic carbocycles. The van der Waals surface area contributed by atoms with Gasteiger partial charge in [0.25, 0.3) is 0 Å². The summed E-state index contributed by atoms with van der Waals surface area (Å²) < 4.78 is 2.09. The van der Waals surface area contributed by atoms with Gasteiger partial charge in [-0.2, -0.15) is 0 Å². The van der Waals surface area contributed by atoms with Gasteiger partial charge in [-0.05, 0) is 20.8 Å². The van der Waals surface area contributed by atoms with Gasteiger partial charge in [-0.1, -0.05) is 7.43 Å². The van der Waals surface area contributed by atoms with Gasteiger partial charge in [0.2, 0.25) is 0 Å². The Morgan fingerprint density at radius 3 is 1.80 bits per heavy atom. The molecule has 0 spiro atoms. The topological polar surface area (TPSA) is 17.8 Å². The third kappa shape index (κ3) is 1.20. The summed E-state index contributed by atoms with van der Waals surface area (Å²) >= 11 is 0. The number of rotatable bonds is 0. The molecule has 0 bridgehead atoms. The van der Waals surface area contributed by atoms with Gasteiger partial charge in [-0.25, -0.2) is 4.98 Å². The van der Waals surface area contributed by atoms with E-state index in [9.17, 15) is 0 Å². The Kier molecular flexibility index (Phi) is 2.64. The van der Waals surface area contributed by atoms with Gasteiger partial charge in [-0.15, -0.1) is 0 Å². The molecule has 0 aliphatic rings. The zero-order chi connectivity index (χ0) is 7.02. The van der Waals surface area contributed by atoms with Crippen LogP contribution < -0.4 is 0 Å². The largest absolute Gasteiger partial charge is 0.335 e. The molecule has 2 nitrogen and oxygen atoms in total. The lowest BCUT2D eigenvalue weighted by molar-refractivity contribution is 0.827. The van der Waals surface area contributed by atoms with Crippen molar-refractivity contribution in [1.82, 2.24) is 9.55 Å². The van der Waals surface area contributed by atoms with E-state index in [2.05, 4.69) is 16.5 Å². The number of hydrogen-bond donors (Lipinski definition) is 0. The Morgan fingerprint density at radius 1 is 1.20 bits per heavy atom. The molecule has 0 fully saturated rings. The molecule has 10 heavy (non-hydrogen) atoms. The van der Waals surface area contributed by atoms with Crippen molar-refractivity contribution in [3.63, 3.8) is 0 Å². The predicted molar refractivity (Wildman–Crippen MR) is 44.2 cm³/mol. The van der Waals surface area contributed by atoms with Gasteiger partial charge in [-0.3, -0.25) is 0 Å². The van der Waals surface area contributed by atoms with Crippen molar-refractivity contribution < 1.29 is 0 Å². The van der Waals surface area contributed by atoms with Gasteiger partial charge in [0.15, 0.2) is 0 Å². The SMILES string of the molecule is C.Cc1nc(C)n(C)c1C. The van der Waals surface area contributed by atoms with E-state index in [-0.39, 0.29) is 7.43 Å². The maximum absolute atomic E-state index is 4.27. The summed E-state index contributed by atoms with van der Waals surface area (Å²) in [5.74, 6) is 1.09. The van der Waals surface area contributed by atoms with Crippen LogP contribution in [0, 0.1) is 20.8 Å². The minimum absolute atomic E-state index is 0. The molecule has 0 aliphatic heterocycles. The minimum Gasteiger partial charge on any atom is -0.335 e. The molecule has 0 amide bonds. The predicted octanol–water partition coefficient (Wildman–Crippen LogP) is 1.98. The Morgan fingerprint density at radius 2 is 1.70 bits per heavy atom. The van der Waals surface area contributed by atoms with Crippen LogP contribution in [-0.4, -0.2) is 9.55 Å². The summed E-state index contributed by atoms with van der Waals surface area (Å²) in [6.07, 6.45) is 0. The lowest BCUT2D eigenvalue weighted by Crippen LogP contribution is -1.92. The Labute approximate surface area is 62.9 Å². The molecule has 0 atom stereocenters. The van der Waals surface area contributed by atoms with Crippen LogP contribution in [0.5, 0.6) is 0 Å². The van der Waals surface area contributed by atoms with Gasteiger partial charge < -0.3 is 4.57 Å². The molecular weight excluding hydrogens is 124 g/mol. The van der Waals surface area contributed by atoms with E-state index < -0.39 is 0 Å². The molecule has 0 radical (unpaired) electrons. The maximum atomic E-state index is 4.27. The van der Waals surface area contributed by atoms with Gasteiger partial charge in [0.05, 0.1) is 5.69 Å². The average molecular weight is 140 g/mol. The second-order valence-corrected chi connectivity index (χ2v) is 2.39. The molecule has 1 aromatic rings. The second kappa shape index (κ2) is 2.86. The van der Waals surface area contributed by atoms with Gasteiger partial charge >= 0.3 is 0 Å². The molecule has 1 aromatic heterocycles. The highest BCUT2D eigenvalue weighted by atomic mass is 15.1. The quantitative estimate of drug-likeness (QED) is 0.539. The van der Waals surface area contributed by atoms with Crippen molar-refractivity contribution in [1.29, 1.82) is 0 Å². The van der Waals surface area contributed by atoms with Crippen LogP contribution in [0.2, 0.25) is 0 Å². The highest BCUT2D eigenvalue weighted by Crippen LogP contribution is 2.05. The highest BCUT2D eigenvalue weighted by molar-refractivity contribution is 5.12. The first kappa shape index (κ1) is 9.21. The van der Waals surface area contributed by atoms with Crippen LogP contribution in [0.3, 0.4) is 0 Å². The third-order valence-electron chi connectivity index (χ3n) is 1.84. The zero-order valence-electron chi connectivity index (χ0n) is 6.39. The zero-order valence-corrected chi connectivity index (χ0v) is 6.39. The smallest absolute Gasteiger partial charge is 0.105 e. The maximum Gasteiger partial charge on any atom is 0.105 e. The summed E-state index contributed by atoms with van der Waals surface area (Å²) in [5.41, 5.74) is 2.39. The third-order valence-corrected chi connectivity index (χ3v) is 1.84. The molecule has 58 valence electrons. The van der Waals surface area contributed by atoms with Crippen LogP contribution in [-0.2, 0) is 7.05 Å². The molecule has 0 saturated carbocycles. The van der Waals surface area contributed by atoms with E-state index in [1.807, 2.05) is 20.9 Å². The molecule has 0 saturated heterocycles. The molecule has 0 unspecified atom stereocenters. The Balaban J connectivity index is 0.000000810. The van der Waals surface area contributed by atoms with Crippen LogP contribution in [0.25, 0.3) is 0 Å². The minimum atomic E-state index is 0. The van der Waals surface area contributed by atoms with E-state index in [0.29, 0.717) is 0 Å². The van der Waals surface area contributed by atoms with Crippen LogP contribution >= 0.6 is 0 Å². The summed E-state index contributed by atoms with van der Waals surface area (Å²) in [5, 5.41) is 0. The fourth-order valence-corrected chi connectivity index (χ4v) is 0.884. The van der Waals surface area contributed by atoms with Crippen molar-refractivity contribution in [2.75, 3.05) is 0 Å². The number of aromatic nitrogens is 2. The number of nitrogens with zero attached hydrogens (tertiary/aromatic N) is 2. The monoisotopic (exact) mass is 140 g/mol. The summed E-state index contributed by atoms with van der Waals surface area (Å²) in [4.78, 5) is 4.27. The van der Waals surface area contributed by atoms with Crippen molar-refractivity contribution in [2.45, 2.75) is 28.2 Å². The number of aryl methyl sites for hydroxylation is 2. The molecular formula is C8H16N2. The summed E-state index contributed by atoms with van der Waals surface area (Å²) in [6.45, 7) is 6.12. The standard InChI is InChI=1S/C7H12N2.CH4/c1-5-6(2)9(4)7(3)8-5;/h1-4H3;1H4.